The maximum absolute atomic E-state index is 12.3. The van der Waals surface area contributed by atoms with E-state index in [-0.39, 0.29) is 5.91 Å². The molecule has 1 N–H and O–H groups in total. The van der Waals surface area contributed by atoms with Crippen molar-refractivity contribution >= 4 is 27.3 Å². The van der Waals surface area contributed by atoms with E-state index in [2.05, 4.69) is 22.3 Å². The minimum Gasteiger partial charge on any atom is -0.372 e. The summed E-state index contributed by atoms with van der Waals surface area (Å²) in [4.78, 5) is 14.7. The van der Waals surface area contributed by atoms with E-state index in [1.807, 2.05) is 12.1 Å². The van der Waals surface area contributed by atoms with Crippen molar-refractivity contribution in [2.45, 2.75) is 19.4 Å². The molecule has 144 valence electrons. The third kappa shape index (κ3) is 4.80. The van der Waals surface area contributed by atoms with Gasteiger partial charge in [0.05, 0.1) is 11.9 Å². The molecule has 0 aliphatic carbocycles. The number of sulfonamides is 1. The lowest BCUT2D eigenvalue weighted by Crippen LogP contribution is -2.25. The van der Waals surface area contributed by atoms with Crippen molar-refractivity contribution in [2.24, 2.45) is 0 Å². The highest BCUT2D eigenvalue weighted by Gasteiger charge is 2.14. The molecule has 0 saturated carbocycles. The van der Waals surface area contributed by atoms with Crippen LogP contribution in [0.25, 0.3) is 0 Å². The largest absolute Gasteiger partial charge is 0.372 e. The van der Waals surface area contributed by atoms with Crippen LogP contribution in [0.3, 0.4) is 0 Å². The first-order chi connectivity index (χ1) is 12.8. The van der Waals surface area contributed by atoms with Crippen LogP contribution in [-0.4, -0.2) is 40.7 Å². The summed E-state index contributed by atoms with van der Waals surface area (Å²) < 4.78 is 24.3. The molecular weight excluding hydrogens is 362 g/mol. The van der Waals surface area contributed by atoms with Crippen LogP contribution in [-0.2, 0) is 16.6 Å². The number of nitrogens with zero attached hydrogens (tertiary/aromatic N) is 2. The Morgan fingerprint density at radius 2 is 1.63 bits per heavy atom. The second-order valence-electron chi connectivity index (χ2n) is 6.82. The lowest BCUT2D eigenvalue weighted by Gasteiger charge is -2.18. The Balaban J connectivity index is 1.57. The van der Waals surface area contributed by atoms with Crippen LogP contribution in [0.4, 0.5) is 11.4 Å². The predicted molar refractivity (Wildman–Crippen MR) is 109 cm³/mol. The molecule has 0 bridgehead atoms. The average Bonchev–Trinajstić information content (AvgIpc) is 3.20. The van der Waals surface area contributed by atoms with Gasteiger partial charge in [-0.25, -0.2) is 8.42 Å². The molecule has 2 aromatic carbocycles. The first-order valence-corrected chi connectivity index (χ1v) is 10.9. The van der Waals surface area contributed by atoms with Crippen LogP contribution in [0, 0.1) is 0 Å². The maximum Gasteiger partial charge on any atom is 0.251 e. The van der Waals surface area contributed by atoms with Crippen molar-refractivity contribution in [3.05, 3.63) is 59.7 Å². The Labute approximate surface area is 160 Å². The Hall–Kier alpha value is -2.54. The number of amides is 1. The zero-order chi connectivity index (χ0) is 19.4. The average molecular weight is 388 g/mol. The molecule has 1 heterocycles. The fourth-order valence-corrected chi connectivity index (χ4v) is 3.60. The summed E-state index contributed by atoms with van der Waals surface area (Å²) in [6.45, 7) is 2.67. The monoisotopic (exact) mass is 387 g/mol. The normalized spacial score (nSPS) is 14.2. The number of hydrogen-bond acceptors (Lipinski definition) is 4. The van der Waals surface area contributed by atoms with Crippen LogP contribution in [0.15, 0.2) is 48.5 Å². The van der Waals surface area contributed by atoms with E-state index in [4.69, 9.17) is 0 Å². The van der Waals surface area contributed by atoms with E-state index >= 15 is 0 Å². The lowest BCUT2D eigenvalue weighted by atomic mass is 10.1. The standard InChI is InChI=1S/C20H25N3O3S/c1-22(27(2,25)26)18-11-7-17(8-12-18)20(24)21-15-16-5-9-19(10-6-16)23-13-3-4-14-23/h5-12H,3-4,13-15H2,1-2H3,(H,21,24). The lowest BCUT2D eigenvalue weighted by molar-refractivity contribution is 0.0951. The molecule has 0 atom stereocenters. The number of rotatable bonds is 6. The number of nitrogens with one attached hydrogen (secondary N) is 1. The quantitative estimate of drug-likeness (QED) is 0.827. The van der Waals surface area contributed by atoms with Gasteiger partial charge in [-0.1, -0.05) is 12.1 Å². The van der Waals surface area contributed by atoms with Gasteiger partial charge in [-0.2, -0.15) is 0 Å². The third-order valence-corrected chi connectivity index (χ3v) is 6.06. The Morgan fingerprint density at radius 1 is 1.04 bits per heavy atom. The highest BCUT2D eigenvalue weighted by molar-refractivity contribution is 7.92. The second kappa shape index (κ2) is 8.00. The SMILES string of the molecule is CN(c1ccc(C(=O)NCc2ccc(N3CCCC3)cc2)cc1)S(C)(=O)=O. The predicted octanol–water partition coefficient (Wildman–Crippen LogP) is 2.61. The van der Waals surface area contributed by atoms with E-state index in [1.54, 1.807) is 24.3 Å². The Bertz CT molecular complexity index is 887. The molecule has 0 radical (unpaired) electrons. The van der Waals surface area contributed by atoms with Gasteiger partial charge in [-0.15, -0.1) is 0 Å². The summed E-state index contributed by atoms with van der Waals surface area (Å²) in [6.07, 6.45) is 3.63. The van der Waals surface area contributed by atoms with E-state index < -0.39 is 10.0 Å². The van der Waals surface area contributed by atoms with Gasteiger partial charge in [0, 0.05) is 37.9 Å². The smallest absolute Gasteiger partial charge is 0.251 e. The van der Waals surface area contributed by atoms with Crippen LogP contribution in [0.5, 0.6) is 0 Å². The fourth-order valence-electron chi connectivity index (χ4n) is 3.10. The van der Waals surface area contributed by atoms with Crippen molar-refractivity contribution < 1.29 is 13.2 Å². The van der Waals surface area contributed by atoms with Gasteiger partial charge in [-0.05, 0) is 54.8 Å². The van der Waals surface area contributed by atoms with Crippen molar-refractivity contribution in [1.29, 1.82) is 0 Å². The van der Waals surface area contributed by atoms with Gasteiger partial charge in [0.25, 0.3) is 5.91 Å². The van der Waals surface area contributed by atoms with E-state index in [0.717, 1.165) is 24.9 Å². The van der Waals surface area contributed by atoms with Gasteiger partial charge in [-0.3, -0.25) is 9.10 Å². The van der Waals surface area contributed by atoms with E-state index in [1.165, 1.54) is 29.9 Å². The molecule has 2 aromatic rings. The summed E-state index contributed by atoms with van der Waals surface area (Å²) in [6, 6.07) is 14.8. The molecule has 1 fully saturated rings. The summed E-state index contributed by atoms with van der Waals surface area (Å²) in [5, 5.41) is 2.90. The van der Waals surface area contributed by atoms with E-state index in [9.17, 15) is 13.2 Å². The molecule has 27 heavy (non-hydrogen) atoms. The van der Waals surface area contributed by atoms with Crippen LogP contribution < -0.4 is 14.5 Å². The first-order valence-electron chi connectivity index (χ1n) is 9.01. The van der Waals surface area contributed by atoms with Crippen LogP contribution in [0.1, 0.15) is 28.8 Å². The third-order valence-electron chi connectivity index (χ3n) is 4.85. The maximum atomic E-state index is 12.3. The zero-order valence-electron chi connectivity index (χ0n) is 15.7. The van der Waals surface area contributed by atoms with Crippen molar-refractivity contribution in [1.82, 2.24) is 5.32 Å². The topological polar surface area (TPSA) is 69.7 Å². The van der Waals surface area contributed by atoms with Crippen molar-refractivity contribution in [3.8, 4) is 0 Å². The highest BCUT2D eigenvalue weighted by atomic mass is 32.2. The number of benzene rings is 2. The Kier molecular flexibility index (Phi) is 5.70. The number of anilines is 2. The number of carbonyl (C=O) groups excluding carboxylic acids is 1. The molecule has 0 spiro atoms. The first kappa shape index (κ1) is 19.2. The molecule has 0 aromatic heterocycles. The van der Waals surface area contributed by atoms with Crippen molar-refractivity contribution in [3.63, 3.8) is 0 Å². The molecule has 7 heteroatoms. The van der Waals surface area contributed by atoms with Gasteiger partial charge in [0.15, 0.2) is 0 Å². The minimum absolute atomic E-state index is 0.188. The Morgan fingerprint density at radius 3 is 2.19 bits per heavy atom. The fraction of sp³-hybridized carbons (Fsp3) is 0.350. The molecule has 1 aliphatic rings. The molecule has 0 unspecified atom stereocenters. The number of hydrogen-bond donors (Lipinski definition) is 1. The molecule has 6 nitrogen and oxygen atoms in total. The molecule has 3 rings (SSSR count). The summed E-state index contributed by atoms with van der Waals surface area (Å²) in [7, 11) is -1.83. The van der Waals surface area contributed by atoms with Crippen LogP contribution in [0.2, 0.25) is 0 Å². The highest BCUT2D eigenvalue weighted by Crippen LogP contribution is 2.20. The molecule has 1 aliphatic heterocycles. The van der Waals surface area contributed by atoms with Gasteiger partial charge < -0.3 is 10.2 Å². The van der Waals surface area contributed by atoms with Crippen molar-refractivity contribution in [2.75, 3.05) is 35.6 Å². The van der Waals surface area contributed by atoms with E-state index in [0.29, 0.717) is 17.8 Å². The molecule has 1 amide bonds. The number of carbonyl (C=O) groups is 1. The van der Waals surface area contributed by atoms with Gasteiger partial charge in [0.1, 0.15) is 0 Å². The summed E-state index contributed by atoms with van der Waals surface area (Å²) in [5.74, 6) is -0.188. The summed E-state index contributed by atoms with van der Waals surface area (Å²) >= 11 is 0. The van der Waals surface area contributed by atoms with Crippen LogP contribution >= 0.6 is 0 Å². The molecule has 1 saturated heterocycles. The zero-order valence-corrected chi connectivity index (χ0v) is 16.5. The minimum atomic E-state index is -3.32. The molecular formula is C20H25N3O3S. The van der Waals surface area contributed by atoms with Gasteiger partial charge in [0.2, 0.25) is 10.0 Å². The summed E-state index contributed by atoms with van der Waals surface area (Å²) in [5.41, 5.74) is 3.29. The van der Waals surface area contributed by atoms with Gasteiger partial charge >= 0.3 is 0 Å². The second-order valence-corrected chi connectivity index (χ2v) is 8.83.